The van der Waals surface area contributed by atoms with Crippen molar-refractivity contribution in [2.75, 3.05) is 25.1 Å². The molecule has 0 atom stereocenters. The fourth-order valence-electron chi connectivity index (χ4n) is 1.22. The number of furan rings is 1. The van der Waals surface area contributed by atoms with Crippen LogP contribution in [0.25, 0.3) is 0 Å². The van der Waals surface area contributed by atoms with Crippen LogP contribution in [-0.2, 0) is 16.6 Å². The van der Waals surface area contributed by atoms with Crippen LogP contribution in [0.4, 0.5) is 0 Å². The highest BCUT2D eigenvalue weighted by Gasteiger charge is 2.15. The molecule has 0 bridgehead atoms. The Labute approximate surface area is 112 Å². The van der Waals surface area contributed by atoms with Crippen LogP contribution in [0.15, 0.2) is 34.3 Å². The van der Waals surface area contributed by atoms with Crippen LogP contribution in [0, 0.1) is 0 Å². The minimum Gasteiger partial charge on any atom is -0.447 e. The summed E-state index contributed by atoms with van der Waals surface area (Å²) in [6.07, 6.45) is 1.87. The predicted molar refractivity (Wildman–Crippen MR) is 74.2 cm³/mol. The molecule has 0 fully saturated rings. The summed E-state index contributed by atoms with van der Waals surface area (Å²) in [4.78, 5) is 0. The first-order valence-corrected chi connectivity index (χ1v) is 8.15. The van der Waals surface area contributed by atoms with Crippen molar-refractivity contribution in [1.82, 2.24) is 10.0 Å². The Kier molecular flexibility index (Phi) is 6.48. The zero-order valence-electron chi connectivity index (χ0n) is 10.3. The first-order valence-electron chi connectivity index (χ1n) is 5.52. The summed E-state index contributed by atoms with van der Waals surface area (Å²) in [7, 11) is -2.13. The maximum absolute atomic E-state index is 11.4. The molecule has 0 saturated heterocycles. The molecule has 2 N–H and O–H groups in total. The van der Waals surface area contributed by atoms with Gasteiger partial charge in [-0.1, -0.05) is 6.08 Å². The lowest BCUT2D eigenvalue weighted by Crippen LogP contribution is -2.18. The number of hydrogen-bond donors (Lipinski definition) is 2. The maximum atomic E-state index is 11.4. The minimum absolute atomic E-state index is 0.0529. The van der Waals surface area contributed by atoms with E-state index in [1.807, 2.05) is 6.08 Å². The van der Waals surface area contributed by atoms with Crippen LogP contribution in [0.5, 0.6) is 0 Å². The first kappa shape index (κ1) is 15.3. The van der Waals surface area contributed by atoms with Crippen LogP contribution in [0.2, 0.25) is 0 Å². The normalized spacial score (nSPS) is 11.6. The number of rotatable bonds is 9. The van der Waals surface area contributed by atoms with E-state index in [2.05, 4.69) is 16.6 Å². The van der Waals surface area contributed by atoms with Crippen molar-refractivity contribution in [3.63, 3.8) is 0 Å². The third-order valence-corrected chi connectivity index (χ3v) is 4.38. The van der Waals surface area contributed by atoms with Crippen molar-refractivity contribution in [3.05, 3.63) is 30.5 Å². The second-order valence-electron chi connectivity index (χ2n) is 3.47. The molecule has 5 nitrogen and oxygen atoms in total. The topological polar surface area (TPSA) is 71.3 Å². The smallest absolute Gasteiger partial charge is 0.273 e. The van der Waals surface area contributed by atoms with E-state index in [0.29, 0.717) is 12.3 Å². The van der Waals surface area contributed by atoms with Crippen molar-refractivity contribution in [1.29, 1.82) is 0 Å². The van der Waals surface area contributed by atoms with Crippen molar-refractivity contribution in [3.8, 4) is 0 Å². The van der Waals surface area contributed by atoms with Crippen LogP contribution in [0.3, 0.4) is 0 Å². The zero-order chi connectivity index (χ0) is 13.4. The molecule has 0 amide bonds. The predicted octanol–water partition coefficient (Wildman–Crippen LogP) is 1.20. The van der Waals surface area contributed by atoms with Crippen LogP contribution in [0.1, 0.15) is 5.76 Å². The highest BCUT2D eigenvalue weighted by molar-refractivity contribution is 7.99. The molecule has 0 aliphatic carbocycles. The highest BCUT2D eigenvalue weighted by Crippen LogP contribution is 2.13. The maximum Gasteiger partial charge on any atom is 0.273 e. The number of thioether (sulfide) groups is 1. The third kappa shape index (κ3) is 4.85. The van der Waals surface area contributed by atoms with Gasteiger partial charge >= 0.3 is 0 Å². The summed E-state index contributed by atoms with van der Waals surface area (Å²) in [5.74, 6) is 2.53. The van der Waals surface area contributed by atoms with Gasteiger partial charge in [0.15, 0.2) is 0 Å². The van der Waals surface area contributed by atoms with E-state index in [0.717, 1.165) is 18.1 Å². The number of hydrogen-bond acceptors (Lipinski definition) is 5. The van der Waals surface area contributed by atoms with E-state index in [4.69, 9.17) is 4.42 Å². The van der Waals surface area contributed by atoms with E-state index in [1.54, 1.807) is 17.8 Å². The van der Waals surface area contributed by atoms with Crippen molar-refractivity contribution in [2.24, 2.45) is 0 Å². The molecule has 0 aliphatic heterocycles. The van der Waals surface area contributed by atoms with Gasteiger partial charge in [0.2, 0.25) is 5.09 Å². The molecule has 0 aliphatic rings. The Morgan fingerprint density at radius 1 is 1.50 bits per heavy atom. The Morgan fingerprint density at radius 2 is 2.28 bits per heavy atom. The van der Waals surface area contributed by atoms with Gasteiger partial charge in [-0.15, -0.1) is 6.58 Å². The standard InChI is InChI=1S/C11H18N2O3S2/c1-3-7-17-8-6-13-9-10-4-5-11(16-10)18(14,15)12-2/h3-5,12-13H,1,6-9H2,2H3. The van der Waals surface area contributed by atoms with Crippen molar-refractivity contribution in [2.45, 2.75) is 11.6 Å². The third-order valence-electron chi connectivity index (χ3n) is 2.13. The van der Waals surface area contributed by atoms with Gasteiger partial charge in [-0.2, -0.15) is 11.8 Å². The van der Waals surface area contributed by atoms with Crippen molar-refractivity contribution < 1.29 is 12.8 Å². The lowest BCUT2D eigenvalue weighted by Gasteiger charge is -2.01. The lowest BCUT2D eigenvalue weighted by atomic mass is 10.4. The Morgan fingerprint density at radius 3 is 2.94 bits per heavy atom. The Bertz CT molecular complexity index is 468. The van der Waals surface area contributed by atoms with Crippen LogP contribution in [-0.4, -0.2) is 33.5 Å². The van der Waals surface area contributed by atoms with Crippen molar-refractivity contribution >= 4 is 21.8 Å². The number of nitrogens with one attached hydrogen (secondary N) is 2. The summed E-state index contributed by atoms with van der Waals surface area (Å²) in [5, 5.41) is 3.13. The molecule has 0 unspecified atom stereocenters. The van der Waals surface area contributed by atoms with Gasteiger partial charge in [0.1, 0.15) is 5.76 Å². The molecule has 0 spiro atoms. The Balaban J connectivity index is 2.34. The fourth-order valence-corrected chi connectivity index (χ4v) is 2.51. The van der Waals surface area contributed by atoms with E-state index >= 15 is 0 Å². The largest absolute Gasteiger partial charge is 0.447 e. The van der Waals surface area contributed by atoms with Gasteiger partial charge in [0.05, 0.1) is 6.54 Å². The lowest BCUT2D eigenvalue weighted by molar-refractivity contribution is 0.402. The second kappa shape index (κ2) is 7.63. The fraction of sp³-hybridized carbons (Fsp3) is 0.455. The molecule has 0 saturated carbocycles. The average Bonchev–Trinajstić information content (AvgIpc) is 2.83. The molecular formula is C11H18N2O3S2. The molecule has 102 valence electrons. The SMILES string of the molecule is C=CCSCCNCc1ccc(S(=O)(=O)NC)o1. The van der Waals surface area contributed by atoms with Crippen LogP contribution < -0.4 is 10.0 Å². The van der Waals surface area contributed by atoms with E-state index in [9.17, 15) is 8.42 Å². The molecule has 0 radical (unpaired) electrons. The summed E-state index contributed by atoms with van der Waals surface area (Å²) >= 11 is 1.78. The highest BCUT2D eigenvalue weighted by atomic mass is 32.2. The van der Waals surface area contributed by atoms with Gasteiger partial charge in [-0.25, -0.2) is 13.1 Å². The van der Waals surface area contributed by atoms with Gasteiger partial charge < -0.3 is 9.73 Å². The quantitative estimate of drug-likeness (QED) is 0.528. The molecule has 1 heterocycles. The summed E-state index contributed by atoms with van der Waals surface area (Å²) in [6.45, 7) is 5.00. The molecular weight excluding hydrogens is 272 g/mol. The summed E-state index contributed by atoms with van der Waals surface area (Å²) in [6, 6.07) is 3.11. The molecule has 1 aromatic rings. The first-order chi connectivity index (χ1) is 8.60. The van der Waals surface area contributed by atoms with Gasteiger partial charge in [0, 0.05) is 18.1 Å². The minimum atomic E-state index is -3.48. The average molecular weight is 290 g/mol. The molecule has 1 aromatic heterocycles. The Hall–Kier alpha value is -0.760. The summed E-state index contributed by atoms with van der Waals surface area (Å²) < 4.78 is 30.3. The molecule has 7 heteroatoms. The molecule has 18 heavy (non-hydrogen) atoms. The number of sulfonamides is 1. The van der Waals surface area contributed by atoms with E-state index < -0.39 is 10.0 Å². The van der Waals surface area contributed by atoms with E-state index in [-0.39, 0.29) is 5.09 Å². The summed E-state index contributed by atoms with van der Waals surface area (Å²) in [5.41, 5.74) is 0. The van der Waals surface area contributed by atoms with Gasteiger partial charge in [-0.05, 0) is 19.2 Å². The van der Waals surface area contributed by atoms with Gasteiger partial charge in [0.25, 0.3) is 10.0 Å². The second-order valence-corrected chi connectivity index (χ2v) is 6.44. The zero-order valence-corrected chi connectivity index (χ0v) is 11.9. The monoisotopic (exact) mass is 290 g/mol. The van der Waals surface area contributed by atoms with Crippen LogP contribution >= 0.6 is 11.8 Å². The van der Waals surface area contributed by atoms with E-state index in [1.165, 1.54) is 13.1 Å². The van der Waals surface area contributed by atoms with Gasteiger partial charge in [-0.3, -0.25) is 0 Å². The molecule has 1 rings (SSSR count). The molecule has 0 aromatic carbocycles.